The second kappa shape index (κ2) is 4.79. The Balaban J connectivity index is 2.07. The summed E-state index contributed by atoms with van der Waals surface area (Å²) >= 11 is 3.57. The first kappa shape index (κ1) is 10.7. The largest absolute Gasteiger partial charge is 0.367 e. The van der Waals surface area contributed by atoms with E-state index < -0.39 is 0 Å². The van der Waals surface area contributed by atoms with Crippen molar-refractivity contribution in [2.75, 3.05) is 6.54 Å². The molecular formula is C12H15BrN2. The van der Waals surface area contributed by atoms with Gasteiger partial charge in [0.1, 0.15) is 0 Å². The summed E-state index contributed by atoms with van der Waals surface area (Å²) in [5.74, 6) is 1.15. The van der Waals surface area contributed by atoms with Gasteiger partial charge in [-0.3, -0.25) is 4.99 Å². The van der Waals surface area contributed by atoms with Crippen molar-refractivity contribution in [1.29, 1.82) is 0 Å². The molecule has 1 atom stereocenters. The van der Waals surface area contributed by atoms with Gasteiger partial charge >= 0.3 is 0 Å². The van der Waals surface area contributed by atoms with Gasteiger partial charge in [-0.25, -0.2) is 0 Å². The number of hydrogen-bond donors (Lipinski definition) is 1. The van der Waals surface area contributed by atoms with Gasteiger partial charge in [-0.05, 0) is 25.0 Å². The minimum atomic E-state index is 0.317. The van der Waals surface area contributed by atoms with Crippen LogP contribution in [-0.2, 0) is 0 Å². The highest BCUT2D eigenvalue weighted by atomic mass is 79.9. The molecule has 1 N–H and O–H groups in total. The minimum Gasteiger partial charge on any atom is -0.367 e. The average Bonchev–Trinajstić information content (AvgIpc) is 2.71. The fourth-order valence-corrected chi connectivity index (χ4v) is 2.44. The average molecular weight is 267 g/mol. The molecule has 1 aromatic carbocycles. The van der Waals surface area contributed by atoms with Gasteiger partial charge in [-0.2, -0.15) is 0 Å². The van der Waals surface area contributed by atoms with Gasteiger partial charge < -0.3 is 5.32 Å². The van der Waals surface area contributed by atoms with E-state index >= 15 is 0 Å². The van der Waals surface area contributed by atoms with Gasteiger partial charge in [0.15, 0.2) is 0 Å². The molecule has 1 aromatic rings. The van der Waals surface area contributed by atoms with Gasteiger partial charge in [-0.15, -0.1) is 0 Å². The second-order valence-electron chi connectivity index (χ2n) is 3.82. The molecule has 0 saturated heterocycles. The summed E-state index contributed by atoms with van der Waals surface area (Å²) in [5.41, 5.74) is 1.28. The molecule has 0 radical (unpaired) electrons. The summed E-state index contributed by atoms with van der Waals surface area (Å²) < 4.78 is 1.16. The highest BCUT2D eigenvalue weighted by Gasteiger charge is 2.12. The maximum atomic E-state index is 4.42. The standard InChI is InChI=1S/C12H15BrN2/c1-9(15-12-7-4-8-14-12)10-5-2-3-6-11(10)13/h2-3,5-6,9H,4,7-8H2,1H3,(H,14,15)/t9-/m0/s1. The smallest absolute Gasteiger partial charge is 0.0968 e. The summed E-state index contributed by atoms with van der Waals surface area (Å²) in [7, 11) is 0. The fraction of sp³-hybridized carbons (Fsp3) is 0.417. The Bertz CT molecular complexity index is 374. The molecule has 2 nitrogen and oxygen atoms in total. The maximum Gasteiger partial charge on any atom is 0.0968 e. The molecule has 15 heavy (non-hydrogen) atoms. The van der Waals surface area contributed by atoms with Crippen LogP contribution in [0.1, 0.15) is 31.4 Å². The van der Waals surface area contributed by atoms with Crippen LogP contribution in [0.15, 0.2) is 33.7 Å². The van der Waals surface area contributed by atoms with Crippen molar-refractivity contribution in [3.63, 3.8) is 0 Å². The summed E-state index contributed by atoms with van der Waals surface area (Å²) in [6, 6.07) is 8.63. The lowest BCUT2D eigenvalue weighted by Crippen LogP contribution is -2.25. The van der Waals surface area contributed by atoms with E-state index in [4.69, 9.17) is 0 Å². The maximum absolute atomic E-state index is 4.42. The predicted octanol–water partition coefficient (Wildman–Crippen LogP) is 3.29. The Morgan fingerprint density at radius 3 is 2.87 bits per heavy atom. The number of halogens is 1. The topological polar surface area (TPSA) is 24.4 Å². The normalized spacial score (nSPS) is 17.3. The number of nitrogens with zero attached hydrogens (tertiary/aromatic N) is 1. The van der Waals surface area contributed by atoms with E-state index in [1.54, 1.807) is 0 Å². The molecule has 0 fully saturated rings. The van der Waals surface area contributed by atoms with Crippen LogP contribution in [0.2, 0.25) is 0 Å². The van der Waals surface area contributed by atoms with E-state index in [1.807, 2.05) is 6.07 Å². The quantitative estimate of drug-likeness (QED) is 0.873. The van der Waals surface area contributed by atoms with Crippen LogP contribution in [0.4, 0.5) is 0 Å². The highest BCUT2D eigenvalue weighted by Crippen LogP contribution is 2.23. The third kappa shape index (κ3) is 2.59. The molecule has 1 aliphatic rings. The highest BCUT2D eigenvalue weighted by molar-refractivity contribution is 9.10. The molecule has 0 aromatic heterocycles. The van der Waals surface area contributed by atoms with Crippen molar-refractivity contribution in [1.82, 2.24) is 5.32 Å². The van der Waals surface area contributed by atoms with Gasteiger partial charge in [0.25, 0.3) is 0 Å². The van der Waals surface area contributed by atoms with Crippen molar-refractivity contribution in [2.45, 2.75) is 25.8 Å². The van der Waals surface area contributed by atoms with Gasteiger partial charge in [0, 0.05) is 17.4 Å². The van der Waals surface area contributed by atoms with E-state index in [2.05, 4.69) is 51.4 Å². The summed E-state index contributed by atoms with van der Waals surface area (Å²) in [6.07, 6.45) is 2.28. The molecule has 2 rings (SSSR count). The molecule has 0 unspecified atom stereocenters. The van der Waals surface area contributed by atoms with E-state index in [0.29, 0.717) is 6.04 Å². The first-order valence-electron chi connectivity index (χ1n) is 5.31. The first-order valence-corrected chi connectivity index (χ1v) is 6.11. The lowest BCUT2D eigenvalue weighted by Gasteiger charge is -2.16. The van der Waals surface area contributed by atoms with Crippen LogP contribution in [0.25, 0.3) is 0 Å². The Morgan fingerprint density at radius 2 is 2.20 bits per heavy atom. The molecule has 0 saturated carbocycles. The number of nitrogens with one attached hydrogen (secondary N) is 1. The van der Waals surface area contributed by atoms with Crippen molar-refractivity contribution in [2.24, 2.45) is 4.99 Å². The van der Waals surface area contributed by atoms with E-state index in [9.17, 15) is 0 Å². The molecular weight excluding hydrogens is 252 g/mol. The van der Waals surface area contributed by atoms with Crippen molar-refractivity contribution in [3.05, 3.63) is 34.3 Å². The minimum absolute atomic E-state index is 0.317. The predicted molar refractivity (Wildman–Crippen MR) is 67.2 cm³/mol. The summed E-state index contributed by atoms with van der Waals surface area (Å²) in [4.78, 5) is 4.42. The van der Waals surface area contributed by atoms with E-state index in [0.717, 1.165) is 23.3 Å². The monoisotopic (exact) mass is 266 g/mol. The van der Waals surface area contributed by atoms with Crippen molar-refractivity contribution in [3.8, 4) is 0 Å². The van der Waals surface area contributed by atoms with Crippen molar-refractivity contribution >= 4 is 21.8 Å². The van der Waals surface area contributed by atoms with E-state index in [1.165, 1.54) is 12.0 Å². The zero-order valence-electron chi connectivity index (χ0n) is 8.83. The Hall–Kier alpha value is -0.830. The number of benzene rings is 1. The SMILES string of the molecule is C[C@H](NC1=NCCC1)c1ccccc1Br. The molecule has 3 heteroatoms. The molecule has 0 bridgehead atoms. The molecule has 0 amide bonds. The van der Waals surface area contributed by atoms with Crippen LogP contribution in [-0.4, -0.2) is 12.4 Å². The second-order valence-corrected chi connectivity index (χ2v) is 4.67. The zero-order valence-corrected chi connectivity index (χ0v) is 10.4. The Labute approximate surface area is 98.9 Å². The molecule has 0 aliphatic carbocycles. The summed E-state index contributed by atoms with van der Waals surface area (Å²) in [6.45, 7) is 3.14. The van der Waals surface area contributed by atoms with Gasteiger partial charge in [0.2, 0.25) is 0 Å². The molecule has 0 spiro atoms. The third-order valence-corrected chi connectivity index (χ3v) is 3.35. The number of aliphatic imine (C=N–C) groups is 1. The van der Waals surface area contributed by atoms with Crippen LogP contribution in [0.5, 0.6) is 0 Å². The van der Waals surface area contributed by atoms with Crippen molar-refractivity contribution < 1.29 is 0 Å². The van der Waals surface area contributed by atoms with Crippen LogP contribution in [0, 0.1) is 0 Å². The third-order valence-electron chi connectivity index (χ3n) is 2.63. The van der Waals surface area contributed by atoms with Crippen LogP contribution < -0.4 is 5.32 Å². The number of amidine groups is 1. The van der Waals surface area contributed by atoms with Crippen LogP contribution in [0.3, 0.4) is 0 Å². The molecule has 1 heterocycles. The molecule has 1 aliphatic heterocycles. The lowest BCUT2D eigenvalue weighted by atomic mass is 10.1. The fourth-order valence-electron chi connectivity index (χ4n) is 1.81. The van der Waals surface area contributed by atoms with Gasteiger partial charge in [0.05, 0.1) is 11.9 Å². The zero-order chi connectivity index (χ0) is 10.7. The van der Waals surface area contributed by atoms with Gasteiger partial charge in [-0.1, -0.05) is 34.1 Å². The Morgan fingerprint density at radius 1 is 1.40 bits per heavy atom. The van der Waals surface area contributed by atoms with Crippen LogP contribution >= 0.6 is 15.9 Å². The summed E-state index contributed by atoms with van der Waals surface area (Å²) in [5, 5.41) is 3.46. The lowest BCUT2D eigenvalue weighted by molar-refractivity contribution is 0.706. The number of rotatable bonds is 2. The first-order chi connectivity index (χ1) is 7.27. The number of hydrogen-bond acceptors (Lipinski definition) is 2. The van der Waals surface area contributed by atoms with E-state index in [-0.39, 0.29) is 0 Å². The Kier molecular flexibility index (Phi) is 3.41. The molecule has 80 valence electrons.